The van der Waals surface area contributed by atoms with E-state index < -0.39 is 0 Å². The molecule has 0 aliphatic heterocycles. The van der Waals surface area contributed by atoms with E-state index in [9.17, 15) is 0 Å². The molecule has 0 atom stereocenters. The molecule has 0 saturated carbocycles. The van der Waals surface area contributed by atoms with E-state index in [0.717, 1.165) is 24.1 Å². The maximum atomic E-state index is 8.93. The number of hydrogen-bond acceptors (Lipinski definition) is 5. The Morgan fingerprint density at radius 3 is 2.46 bits per heavy atom. The van der Waals surface area contributed by atoms with Crippen LogP contribution in [0.2, 0.25) is 0 Å². The van der Waals surface area contributed by atoms with E-state index in [0.29, 0.717) is 29.4 Å². The van der Waals surface area contributed by atoms with Crippen LogP contribution in [0.5, 0.6) is 17.2 Å². The topological polar surface area (TPSA) is 63.5 Å². The molecule has 0 amide bonds. The van der Waals surface area contributed by atoms with Gasteiger partial charge in [-0.2, -0.15) is 5.26 Å². The van der Waals surface area contributed by atoms with Crippen molar-refractivity contribution >= 4 is 0 Å². The molecular formula is C19H22N2O3. The molecule has 0 aliphatic carbocycles. The zero-order valence-electron chi connectivity index (χ0n) is 14.3. The van der Waals surface area contributed by atoms with Crippen molar-refractivity contribution in [3.05, 3.63) is 53.1 Å². The lowest BCUT2D eigenvalue weighted by atomic mass is 10.1. The molecular weight excluding hydrogens is 304 g/mol. The molecule has 1 N–H and O–H groups in total. The molecule has 0 aromatic heterocycles. The Balaban J connectivity index is 1.98. The maximum Gasteiger partial charge on any atom is 0.203 e. The van der Waals surface area contributed by atoms with Crippen molar-refractivity contribution in [2.45, 2.75) is 13.0 Å². The summed E-state index contributed by atoms with van der Waals surface area (Å²) >= 11 is 0. The van der Waals surface area contributed by atoms with Gasteiger partial charge in [0, 0.05) is 6.54 Å². The summed E-state index contributed by atoms with van der Waals surface area (Å²) in [6, 6.07) is 13.6. The first-order valence-electron chi connectivity index (χ1n) is 7.71. The number of nitrogens with one attached hydrogen (secondary N) is 1. The van der Waals surface area contributed by atoms with Crippen LogP contribution in [0.25, 0.3) is 0 Å². The van der Waals surface area contributed by atoms with Gasteiger partial charge in [-0.3, -0.25) is 0 Å². The lowest BCUT2D eigenvalue weighted by Crippen LogP contribution is -2.17. The van der Waals surface area contributed by atoms with Crippen LogP contribution in [-0.4, -0.2) is 27.9 Å². The SMILES string of the molecule is COc1ccc(CCNCc2cccc(C#N)c2)c(OC)c1OC. The molecule has 5 heteroatoms. The summed E-state index contributed by atoms with van der Waals surface area (Å²) in [4.78, 5) is 0. The van der Waals surface area contributed by atoms with Crippen molar-refractivity contribution in [2.75, 3.05) is 27.9 Å². The highest BCUT2D eigenvalue weighted by Gasteiger charge is 2.15. The highest BCUT2D eigenvalue weighted by atomic mass is 16.5. The second kappa shape index (κ2) is 8.80. The normalized spacial score (nSPS) is 10.1. The van der Waals surface area contributed by atoms with Gasteiger partial charge in [-0.05, 0) is 42.3 Å². The van der Waals surface area contributed by atoms with Gasteiger partial charge in [0.05, 0.1) is 33.0 Å². The fraction of sp³-hybridized carbons (Fsp3) is 0.316. The summed E-state index contributed by atoms with van der Waals surface area (Å²) in [5, 5.41) is 12.3. The van der Waals surface area contributed by atoms with Crippen molar-refractivity contribution in [1.82, 2.24) is 5.32 Å². The van der Waals surface area contributed by atoms with E-state index in [1.807, 2.05) is 30.3 Å². The fourth-order valence-corrected chi connectivity index (χ4v) is 2.57. The fourth-order valence-electron chi connectivity index (χ4n) is 2.57. The monoisotopic (exact) mass is 326 g/mol. The number of nitrogens with zero attached hydrogens (tertiary/aromatic N) is 1. The largest absolute Gasteiger partial charge is 0.493 e. The minimum Gasteiger partial charge on any atom is -0.493 e. The highest BCUT2D eigenvalue weighted by Crippen LogP contribution is 2.39. The third-order valence-electron chi connectivity index (χ3n) is 3.74. The van der Waals surface area contributed by atoms with E-state index in [2.05, 4.69) is 11.4 Å². The highest BCUT2D eigenvalue weighted by molar-refractivity contribution is 5.55. The summed E-state index contributed by atoms with van der Waals surface area (Å²) in [5.41, 5.74) is 2.82. The second-order valence-electron chi connectivity index (χ2n) is 5.23. The maximum absolute atomic E-state index is 8.93. The van der Waals surface area contributed by atoms with Gasteiger partial charge in [0.15, 0.2) is 11.5 Å². The van der Waals surface area contributed by atoms with Crippen LogP contribution in [0.15, 0.2) is 36.4 Å². The second-order valence-corrected chi connectivity index (χ2v) is 5.23. The molecule has 0 saturated heterocycles. The molecule has 0 radical (unpaired) electrons. The van der Waals surface area contributed by atoms with Crippen molar-refractivity contribution in [3.8, 4) is 23.3 Å². The van der Waals surface area contributed by atoms with Gasteiger partial charge in [0.2, 0.25) is 5.75 Å². The van der Waals surface area contributed by atoms with Gasteiger partial charge < -0.3 is 19.5 Å². The molecule has 5 nitrogen and oxygen atoms in total. The molecule has 0 unspecified atom stereocenters. The molecule has 0 fully saturated rings. The summed E-state index contributed by atoms with van der Waals surface area (Å²) < 4.78 is 16.2. The van der Waals surface area contributed by atoms with Gasteiger partial charge in [-0.1, -0.05) is 18.2 Å². The molecule has 0 heterocycles. The lowest BCUT2D eigenvalue weighted by molar-refractivity contribution is 0.322. The number of methoxy groups -OCH3 is 3. The van der Waals surface area contributed by atoms with Crippen molar-refractivity contribution in [3.63, 3.8) is 0 Å². The first-order valence-corrected chi connectivity index (χ1v) is 7.71. The summed E-state index contributed by atoms with van der Waals surface area (Å²) in [5.74, 6) is 1.96. The lowest BCUT2D eigenvalue weighted by Gasteiger charge is -2.16. The Morgan fingerprint density at radius 2 is 1.79 bits per heavy atom. The molecule has 0 aliphatic rings. The number of benzene rings is 2. The average molecular weight is 326 g/mol. The van der Waals surface area contributed by atoms with Crippen LogP contribution in [0.3, 0.4) is 0 Å². The van der Waals surface area contributed by atoms with Gasteiger partial charge in [-0.25, -0.2) is 0 Å². The Bertz CT molecular complexity index is 723. The average Bonchev–Trinajstić information content (AvgIpc) is 2.64. The molecule has 0 spiro atoms. The van der Waals surface area contributed by atoms with Gasteiger partial charge >= 0.3 is 0 Å². The van der Waals surface area contributed by atoms with E-state index in [4.69, 9.17) is 19.5 Å². The number of hydrogen-bond donors (Lipinski definition) is 1. The first kappa shape index (κ1) is 17.6. The van der Waals surface area contributed by atoms with E-state index in [1.165, 1.54) is 0 Å². The summed E-state index contributed by atoms with van der Waals surface area (Å²) in [6.45, 7) is 1.49. The van der Waals surface area contributed by atoms with Crippen LogP contribution in [0, 0.1) is 11.3 Å². The third kappa shape index (κ3) is 4.18. The molecule has 24 heavy (non-hydrogen) atoms. The first-order chi connectivity index (χ1) is 11.7. The van der Waals surface area contributed by atoms with Crippen LogP contribution in [0.4, 0.5) is 0 Å². The zero-order valence-corrected chi connectivity index (χ0v) is 14.3. The van der Waals surface area contributed by atoms with Crippen LogP contribution in [0.1, 0.15) is 16.7 Å². The van der Waals surface area contributed by atoms with Gasteiger partial charge in [0.1, 0.15) is 0 Å². The smallest absolute Gasteiger partial charge is 0.203 e. The van der Waals surface area contributed by atoms with Gasteiger partial charge in [0.25, 0.3) is 0 Å². The standard InChI is InChI=1S/C19H22N2O3/c1-22-17-8-7-16(18(23-2)19(17)24-3)9-10-21-13-15-6-4-5-14(11-15)12-20/h4-8,11,21H,9-10,13H2,1-3H3. The number of rotatable bonds is 8. The minimum absolute atomic E-state index is 0.610. The predicted octanol–water partition coefficient (Wildman–Crippen LogP) is 2.92. The van der Waals surface area contributed by atoms with Crippen LogP contribution < -0.4 is 19.5 Å². The molecule has 2 aromatic rings. The number of nitriles is 1. The van der Waals surface area contributed by atoms with Gasteiger partial charge in [-0.15, -0.1) is 0 Å². The third-order valence-corrected chi connectivity index (χ3v) is 3.74. The Kier molecular flexibility index (Phi) is 6.47. The minimum atomic E-state index is 0.610. The van der Waals surface area contributed by atoms with Crippen LogP contribution in [-0.2, 0) is 13.0 Å². The molecule has 126 valence electrons. The Hall–Kier alpha value is -2.71. The van der Waals surface area contributed by atoms with E-state index in [-0.39, 0.29) is 0 Å². The quantitative estimate of drug-likeness (QED) is 0.756. The summed E-state index contributed by atoms with van der Waals surface area (Å²) in [7, 11) is 4.83. The number of ether oxygens (including phenoxy) is 3. The molecule has 2 rings (SSSR count). The Labute approximate surface area is 142 Å². The van der Waals surface area contributed by atoms with Crippen LogP contribution >= 0.6 is 0 Å². The van der Waals surface area contributed by atoms with E-state index in [1.54, 1.807) is 27.4 Å². The van der Waals surface area contributed by atoms with E-state index >= 15 is 0 Å². The zero-order chi connectivity index (χ0) is 17.4. The van der Waals surface area contributed by atoms with Crippen molar-refractivity contribution in [1.29, 1.82) is 5.26 Å². The molecule has 2 aromatic carbocycles. The molecule has 0 bridgehead atoms. The predicted molar refractivity (Wildman–Crippen MR) is 92.7 cm³/mol. The van der Waals surface area contributed by atoms with Crippen molar-refractivity contribution < 1.29 is 14.2 Å². The summed E-state index contributed by atoms with van der Waals surface area (Å²) in [6.07, 6.45) is 0.793. The Morgan fingerprint density at radius 1 is 1.00 bits per heavy atom. The van der Waals surface area contributed by atoms with Crippen molar-refractivity contribution in [2.24, 2.45) is 0 Å².